The van der Waals surface area contributed by atoms with Crippen LogP contribution in [-0.2, 0) is 15.3 Å². The van der Waals surface area contributed by atoms with E-state index in [1.54, 1.807) is 30.0 Å². The molecule has 0 saturated heterocycles. The molecule has 0 aliphatic rings. The van der Waals surface area contributed by atoms with E-state index in [9.17, 15) is 14.7 Å². The molecule has 0 radical (unpaired) electrons. The van der Waals surface area contributed by atoms with E-state index in [2.05, 4.69) is 10.1 Å². The average molecular weight is 283 g/mol. The molecular formula is C13H17NO4S. The van der Waals surface area contributed by atoms with Crippen LogP contribution in [0, 0.1) is 0 Å². The molecule has 0 heterocycles. The number of hydrogen-bond acceptors (Lipinski definition) is 5. The van der Waals surface area contributed by atoms with Crippen LogP contribution in [0.15, 0.2) is 24.3 Å². The zero-order valence-corrected chi connectivity index (χ0v) is 11.7. The molecule has 0 aromatic heterocycles. The highest BCUT2D eigenvalue weighted by Gasteiger charge is 2.16. The van der Waals surface area contributed by atoms with Gasteiger partial charge >= 0.3 is 5.97 Å². The monoisotopic (exact) mass is 283 g/mol. The first-order chi connectivity index (χ1) is 9.08. The lowest BCUT2D eigenvalue weighted by Crippen LogP contribution is -2.37. The quantitative estimate of drug-likeness (QED) is 0.756. The van der Waals surface area contributed by atoms with Crippen molar-refractivity contribution in [3.63, 3.8) is 0 Å². The summed E-state index contributed by atoms with van der Waals surface area (Å²) < 4.78 is 4.36. The molecule has 104 valence electrons. The van der Waals surface area contributed by atoms with Crippen LogP contribution in [0.4, 0.5) is 0 Å². The fourth-order valence-electron chi connectivity index (χ4n) is 1.48. The predicted molar refractivity (Wildman–Crippen MR) is 74.0 cm³/mol. The third-order valence-electron chi connectivity index (χ3n) is 2.43. The number of nitrogens with one attached hydrogen (secondary N) is 1. The molecule has 5 nitrogen and oxygen atoms in total. The molecular weight excluding hydrogens is 266 g/mol. The molecule has 1 amide bonds. The van der Waals surface area contributed by atoms with E-state index in [0.29, 0.717) is 5.56 Å². The van der Waals surface area contributed by atoms with Crippen LogP contribution in [0.2, 0.25) is 0 Å². The van der Waals surface area contributed by atoms with E-state index < -0.39 is 12.1 Å². The molecule has 0 saturated carbocycles. The maximum absolute atomic E-state index is 11.8. The predicted octanol–water partition coefficient (Wildman–Crippen LogP) is 0.813. The van der Waals surface area contributed by atoms with Crippen molar-refractivity contribution in [1.29, 1.82) is 0 Å². The van der Waals surface area contributed by atoms with Gasteiger partial charge < -0.3 is 15.2 Å². The summed E-state index contributed by atoms with van der Waals surface area (Å²) in [6.07, 6.45) is 0.641. The van der Waals surface area contributed by atoms with Crippen molar-refractivity contribution in [3.05, 3.63) is 35.4 Å². The van der Waals surface area contributed by atoms with E-state index >= 15 is 0 Å². The normalized spacial score (nSPS) is 11.7. The highest BCUT2D eigenvalue weighted by atomic mass is 32.2. The fraction of sp³-hybridized carbons (Fsp3) is 0.385. The number of hydrogen-bond donors (Lipinski definition) is 2. The number of amides is 1. The van der Waals surface area contributed by atoms with Crippen molar-refractivity contribution < 1.29 is 19.4 Å². The molecule has 1 atom stereocenters. The fourth-order valence-corrected chi connectivity index (χ4v) is 1.99. The molecule has 1 aromatic carbocycles. The van der Waals surface area contributed by atoms with Gasteiger partial charge in [-0.05, 0) is 24.0 Å². The minimum Gasteiger partial charge on any atom is -0.467 e. The zero-order chi connectivity index (χ0) is 14.3. The number of aliphatic hydroxyl groups excluding tert-OH is 1. The van der Waals surface area contributed by atoms with Gasteiger partial charge in [-0.15, -0.1) is 0 Å². The van der Waals surface area contributed by atoms with Gasteiger partial charge in [-0.3, -0.25) is 4.79 Å². The molecule has 19 heavy (non-hydrogen) atoms. The summed E-state index contributed by atoms with van der Waals surface area (Å²) in [7, 11) is 1.18. The average Bonchev–Trinajstić information content (AvgIpc) is 2.44. The second kappa shape index (κ2) is 7.81. The first-order valence-corrected chi connectivity index (χ1v) is 7.09. The Balaban J connectivity index is 2.58. The highest BCUT2D eigenvalue weighted by Crippen LogP contribution is 2.11. The highest BCUT2D eigenvalue weighted by molar-refractivity contribution is 7.97. The summed E-state index contributed by atoms with van der Waals surface area (Å²) in [5, 5.41) is 11.8. The smallest absolute Gasteiger partial charge is 0.336 e. The Kier molecular flexibility index (Phi) is 6.38. The van der Waals surface area contributed by atoms with E-state index in [1.165, 1.54) is 7.11 Å². The Hall–Kier alpha value is -1.53. The third-order valence-corrected chi connectivity index (χ3v) is 3.05. The minimum atomic E-state index is -1.34. The number of esters is 1. The Morgan fingerprint density at radius 3 is 2.84 bits per heavy atom. The number of carbonyl (C=O) groups is 2. The second-order valence-corrected chi connectivity index (χ2v) is 4.75. The Morgan fingerprint density at radius 1 is 1.47 bits per heavy atom. The summed E-state index contributed by atoms with van der Waals surface area (Å²) >= 11 is 1.67. The first kappa shape index (κ1) is 15.5. The standard InChI is InChI=1S/C13H17NO4S/c1-18-13(17)11(15)7-14-12(16)10-5-3-4-9(6-10)8-19-2/h3-6,11,15H,7-8H2,1-2H3,(H,14,16). The van der Waals surface area contributed by atoms with Crippen molar-refractivity contribution in [2.75, 3.05) is 19.9 Å². The molecule has 0 spiro atoms. The first-order valence-electron chi connectivity index (χ1n) is 5.70. The van der Waals surface area contributed by atoms with Gasteiger partial charge in [0.25, 0.3) is 5.91 Å². The molecule has 6 heteroatoms. The van der Waals surface area contributed by atoms with E-state index in [1.807, 2.05) is 12.3 Å². The number of ether oxygens (including phenoxy) is 1. The van der Waals surface area contributed by atoms with Gasteiger partial charge in [0.2, 0.25) is 0 Å². The van der Waals surface area contributed by atoms with Crippen LogP contribution < -0.4 is 5.32 Å². The number of thioether (sulfide) groups is 1. The van der Waals surface area contributed by atoms with Crippen molar-refractivity contribution in [3.8, 4) is 0 Å². The van der Waals surface area contributed by atoms with E-state index in [0.717, 1.165) is 11.3 Å². The lowest BCUT2D eigenvalue weighted by atomic mass is 10.1. The molecule has 0 aliphatic carbocycles. The van der Waals surface area contributed by atoms with Gasteiger partial charge in [-0.2, -0.15) is 11.8 Å². The summed E-state index contributed by atoms with van der Waals surface area (Å²) in [5.74, 6) is -0.270. The summed E-state index contributed by atoms with van der Waals surface area (Å²) in [6, 6.07) is 7.22. The van der Waals surface area contributed by atoms with Crippen molar-refractivity contribution >= 4 is 23.6 Å². The second-order valence-electron chi connectivity index (χ2n) is 3.88. The van der Waals surface area contributed by atoms with Crippen molar-refractivity contribution in [1.82, 2.24) is 5.32 Å². The van der Waals surface area contributed by atoms with Crippen LogP contribution in [0.1, 0.15) is 15.9 Å². The number of benzene rings is 1. The molecule has 1 unspecified atom stereocenters. The Bertz CT molecular complexity index is 450. The summed E-state index contributed by atoms with van der Waals surface area (Å²) in [5.41, 5.74) is 1.55. The van der Waals surface area contributed by atoms with Crippen LogP contribution in [0.25, 0.3) is 0 Å². The van der Waals surface area contributed by atoms with E-state index in [-0.39, 0.29) is 12.5 Å². The van der Waals surface area contributed by atoms with Crippen LogP contribution in [-0.4, -0.2) is 43.0 Å². The maximum atomic E-state index is 11.8. The number of aliphatic hydroxyl groups is 1. The summed E-state index contributed by atoms with van der Waals surface area (Å²) in [4.78, 5) is 22.8. The van der Waals surface area contributed by atoms with Gasteiger partial charge in [0.15, 0.2) is 6.10 Å². The Labute approximate surface area is 116 Å². The molecule has 1 aromatic rings. The number of methoxy groups -OCH3 is 1. The SMILES string of the molecule is COC(=O)C(O)CNC(=O)c1cccc(CSC)c1. The van der Waals surface area contributed by atoms with Gasteiger partial charge in [-0.25, -0.2) is 4.79 Å². The van der Waals surface area contributed by atoms with E-state index in [4.69, 9.17) is 0 Å². The topological polar surface area (TPSA) is 75.6 Å². The van der Waals surface area contributed by atoms with Crippen LogP contribution >= 0.6 is 11.8 Å². The van der Waals surface area contributed by atoms with Crippen LogP contribution in [0.3, 0.4) is 0 Å². The van der Waals surface area contributed by atoms with Gasteiger partial charge in [0, 0.05) is 11.3 Å². The molecule has 0 fully saturated rings. The minimum absolute atomic E-state index is 0.168. The summed E-state index contributed by atoms with van der Waals surface area (Å²) in [6.45, 7) is -0.168. The molecule has 2 N–H and O–H groups in total. The van der Waals surface area contributed by atoms with Gasteiger partial charge in [-0.1, -0.05) is 12.1 Å². The zero-order valence-electron chi connectivity index (χ0n) is 10.9. The van der Waals surface area contributed by atoms with Crippen molar-refractivity contribution in [2.45, 2.75) is 11.9 Å². The number of rotatable bonds is 6. The lowest BCUT2D eigenvalue weighted by molar-refractivity contribution is -0.149. The third kappa shape index (κ3) is 4.92. The molecule has 0 aliphatic heterocycles. The molecule has 0 bridgehead atoms. The lowest BCUT2D eigenvalue weighted by Gasteiger charge is -2.10. The van der Waals surface area contributed by atoms with Gasteiger partial charge in [0.05, 0.1) is 13.7 Å². The number of carbonyl (C=O) groups excluding carboxylic acids is 2. The van der Waals surface area contributed by atoms with Crippen molar-refractivity contribution in [2.24, 2.45) is 0 Å². The largest absolute Gasteiger partial charge is 0.467 e. The van der Waals surface area contributed by atoms with Crippen LogP contribution in [0.5, 0.6) is 0 Å². The maximum Gasteiger partial charge on any atom is 0.336 e. The Morgan fingerprint density at radius 2 is 2.21 bits per heavy atom. The molecule has 1 rings (SSSR count). The van der Waals surface area contributed by atoms with Gasteiger partial charge in [0.1, 0.15) is 0 Å².